The van der Waals surface area contributed by atoms with E-state index < -0.39 is 0 Å². The molecule has 1 aromatic heterocycles. The van der Waals surface area contributed by atoms with Crippen LogP contribution in [-0.2, 0) is 11.2 Å². The van der Waals surface area contributed by atoms with Crippen molar-refractivity contribution in [2.75, 3.05) is 42.8 Å². The van der Waals surface area contributed by atoms with Crippen LogP contribution in [0.3, 0.4) is 0 Å². The number of aliphatic imine (C=N–C) groups is 1. The Bertz CT molecular complexity index is 1330. The number of carbonyl (C=O) groups is 2. The molecule has 1 heterocycles. The summed E-state index contributed by atoms with van der Waals surface area (Å²) >= 11 is 11.8. The van der Waals surface area contributed by atoms with Gasteiger partial charge in [0.25, 0.3) is 5.91 Å². The standard InChI is InChI=1S/C33H41Cl2N5O3/c34-18-22-40(23-19-35)28-14-8-24(9-15-28)4-3-7-31(41)37-20-21-38-33(42)30-17-16-29(43-30)25-10-12-26(13-11-25)32(36)39-27-5-1-2-6-27/h8-17,27H,1-7,18-23H2,(H2,36,39)(H,37,41)(H,38,42). The Morgan fingerprint density at radius 3 is 2.26 bits per heavy atom. The van der Waals surface area contributed by atoms with E-state index in [4.69, 9.17) is 33.4 Å². The van der Waals surface area contributed by atoms with Crippen LogP contribution in [-0.4, -0.2) is 61.6 Å². The van der Waals surface area contributed by atoms with E-state index in [9.17, 15) is 9.59 Å². The van der Waals surface area contributed by atoms with Gasteiger partial charge in [0.2, 0.25) is 5.91 Å². The fourth-order valence-electron chi connectivity index (χ4n) is 5.18. The van der Waals surface area contributed by atoms with Crippen molar-refractivity contribution in [2.24, 2.45) is 10.7 Å². The van der Waals surface area contributed by atoms with Crippen molar-refractivity contribution in [2.45, 2.75) is 51.0 Å². The molecular weight excluding hydrogens is 585 g/mol. The molecule has 1 fully saturated rings. The second kappa shape index (κ2) is 17.0. The quantitative estimate of drug-likeness (QED) is 0.0812. The molecule has 230 valence electrons. The zero-order chi connectivity index (χ0) is 30.4. The summed E-state index contributed by atoms with van der Waals surface area (Å²) in [6.07, 6.45) is 6.59. The molecule has 43 heavy (non-hydrogen) atoms. The van der Waals surface area contributed by atoms with E-state index in [1.165, 1.54) is 18.4 Å². The van der Waals surface area contributed by atoms with Gasteiger partial charge in [-0.3, -0.25) is 14.6 Å². The third-order valence-electron chi connectivity index (χ3n) is 7.55. The molecule has 0 atom stereocenters. The van der Waals surface area contributed by atoms with E-state index in [0.717, 1.165) is 55.6 Å². The molecule has 4 N–H and O–H groups in total. The summed E-state index contributed by atoms with van der Waals surface area (Å²) in [6.45, 7) is 2.14. The molecule has 0 spiro atoms. The van der Waals surface area contributed by atoms with Crippen LogP contribution in [0.25, 0.3) is 11.3 Å². The number of alkyl halides is 2. The first-order valence-electron chi connectivity index (χ1n) is 15.0. The summed E-state index contributed by atoms with van der Waals surface area (Å²) in [6, 6.07) is 19.7. The number of furan rings is 1. The van der Waals surface area contributed by atoms with E-state index in [0.29, 0.717) is 48.9 Å². The van der Waals surface area contributed by atoms with Gasteiger partial charge in [0.1, 0.15) is 11.6 Å². The summed E-state index contributed by atoms with van der Waals surface area (Å²) in [5.74, 6) is 2.08. The van der Waals surface area contributed by atoms with Crippen LogP contribution in [0.2, 0.25) is 0 Å². The number of anilines is 1. The maximum atomic E-state index is 12.5. The normalized spacial score (nSPS) is 13.7. The number of aryl methyl sites for hydroxylation is 1. The van der Waals surface area contributed by atoms with E-state index in [-0.39, 0.29) is 17.6 Å². The number of nitrogens with one attached hydrogen (secondary N) is 2. The van der Waals surface area contributed by atoms with Gasteiger partial charge in [0.05, 0.1) is 6.04 Å². The van der Waals surface area contributed by atoms with Gasteiger partial charge in [-0.25, -0.2) is 0 Å². The highest BCUT2D eigenvalue weighted by Crippen LogP contribution is 2.24. The van der Waals surface area contributed by atoms with E-state index in [2.05, 4.69) is 44.8 Å². The van der Waals surface area contributed by atoms with Gasteiger partial charge in [-0.15, -0.1) is 23.2 Å². The van der Waals surface area contributed by atoms with Crippen LogP contribution in [0.4, 0.5) is 5.69 Å². The van der Waals surface area contributed by atoms with E-state index >= 15 is 0 Å². The van der Waals surface area contributed by atoms with Crippen molar-refractivity contribution in [1.29, 1.82) is 0 Å². The SMILES string of the molecule is NC(=NC1CCCC1)c1ccc(-c2ccc(C(=O)NCCNC(=O)CCCc3ccc(N(CCCl)CCCl)cc3)o2)cc1. The minimum atomic E-state index is -0.329. The lowest BCUT2D eigenvalue weighted by Crippen LogP contribution is -2.34. The van der Waals surface area contributed by atoms with Gasteiger partial charge in [-0.05, 0) is 55.5 Å². The van der Waals surface area contributed by atoms with Crippen molar-refractivity contribution in [3.63, 3.8) is 0 Å². The van der Waals surface area contributed by atoms with Crippen molar-refractivity contribution >= 4 is 46.5 Å². The lowest BCUT2D eigenvalue weighted by molar-refractivity contribution is -0.121. The summed E-state index contributed by atoms with van der Waals surface area (Å²) in [5, 5.41) is 5.65. The number of rotatable bonds is 16. The molecule has 0 bridgehead atoms. The number of hydrogen-bond acceptors (Lipinski definition) is 5. The van der Waals surface area contributed by atoms with Gasteiger partial charge in [0, 0.05) is 61.2 Å². The van der Waals surface area contributed by atoms with Crippen LogP contribution in [0.5, 0.6) is 0 Å². The molecular formula is C33H41Cl2N5O3. The minimum Gasteiger partial charge on any atom is -0.451 e. The Hall–Kier alpha value is -3.49. The first-order chi connectivity index (χ1) is 21.0. The average molecular weight is 627 g/mol. The number of halogens is 2. The highest BCUT2D eigenvalue weighted by Gasteiger charge is 2.15. The maximum absolute atomic E-state index is 12.5. The molecule has 1 aliphatic carbocycles. The molecule has 0 aliphatic heterocycles. The molecule has 2 aromatic carbocycles. The van der Waals surface area contributed by atoms with Crippen molar-refractivity contribution in [3.8, 4) is 11.3 Å². The molecule has 1 saturated carbocycles. The Balaban J connectivity index is 1.14. The molecule has 3 aromatic rings. The molecule has 0 saturated heterocycles. The van der Waals surface area contributed by atoms with Gasteiger partial charge >= 0.3 is 0 Å². The highest BCUT2D eigenvalue weighted by atomic mass is 35.5. The van der Waals surface area contributed by atoms with Crippen LogP contribution < -0.4 is 21.3 Å². The first kappa shape index (κ1) is 32.4. The zero-order valence-corrected chi connectivity index (χ0v) is 26.0. The van der Waals surface area contributed by atoms with Gasteiger partial charge in [0.15, 0.2) is 5.76 Å². The Labute approximate surface area is 264 Å². The Morgan fingerprint density at radius 1 is 0.907 bits per heavy atom. The molecule has 10 heteroatoms. The zero-order valence-electron chi connectivity index (χ0n) is 24.5. The second-order valence-electron chi connectivity index (χ2n) is 10.7. The number of amidine groups is 1. The van der Waals surface area contributed by atoms with Crippen molar-refractivity contribution < 1.29 is 14.0 Å². The predicted molar refractivity (Wildman–Crippen MR) is 176 cm³/mol. The molecule has 4 rings (SSSR count). The van der Waals surface area contributed by atoms with Gasteiger partial charge in [-0.1, -0.05) is 49.2 Å². The van der Waals surface area contributed by atoms with Crippen LogP contribution in [0.15, 0.2) is 70.1 Å². The molecule has 8 nitrogen and oxygen atoms in total. The Kier molecular flexibility index (Phi) is 12.8. The van der Waals surface area contributed by atoms with Crippen LogP contribution in [0, 0.1) is 0 Å². The fourth-order valence-corrected chi connectivity index (χ4v) is 5.59. The lowest BCUT2D eigenvalue weighted by Gasteiger charge is -2.23. The number of benzene rings is 2. The monoisotopic (exact) mass is 625 g/mol. The number of nitrogens with two attached hydrogens (primary N) is 1. The van der Waals surface area contributed by atoms with E-state index in [1.807, 2.05) is 24.3 Å². The van der Waals surface area contributed by atoms with Crippen molar-refractivity contribution in [1.82, 2.24) is 10.6 Å². The first-order valence-corrected chi connectivity index (χ1v) is 16.1. The van der Waals surface area contributed by atoms with Gasteiger partial charge in [-0.2, -0.15) is 0 Å². The molecule has 2 amide bonds. The smallest absolute Gasteiger partial charge is 0.287 e. The third-order valence-corrected chi connectivity index (χ3v) is 7.89. The summed E-state index contributed by atoms with van der Waals surface area (Å²) in [7, 11) is 0. The number of hydrogen-bond donors (Lipinski definition) is 3. The average Bonchev–Trinajstić information content (AvgIpc) is 3.73. The number of carbonyl (C=O) groups excluding carboxylic acids is 2. The van der Waals surface area contributed by atoms with Crippen LogP contribution >= 0.6 is 23.2 Å². The van der Waals surface area contributed by atoms with Gasteiger partial charge < -0.3 is 25.7 Å². The number of nitrogens with zero attached hydrogens (tertiary/aromatic N) is 2. The largest absolute Gasteiger partial charge is 0.451 e. The Morgan fingerprint density at radius 2 is 1.58 bits per heavy atom. The van der Waals surface area contributed by atoms with E-state index in [1.54, 1.807) is 12.1 Å². The second-order valence-corrected chi connectivity index (χ2v) is 11.4. The lowest BCUT2D eigenvalue weighted by atomic mass is 10.1. The fraction of sp³-hybridized carbons (Fsp3) is 0.424. The number of amides is 2. The molecule has 0 radical (unpaired) electrons. The molecule has 0 unspecified atom stereocenters. The summed E-state index contributed by atoms with van der Waals surface area (Å²) in [4.78, 5) is 31.6. The third kappa shape index (κ3) is 10.0. The maximum Gasteiger partial charge on any atom is 0.287 e. The summed E-state index contributed by atoms with van der Waals surface area (Å²) in [5.41, 5.74) is 10.2. The molecule has 1 aliphatic rings. The minimum absolute atomic E-state index is 0.0427. The topological polar surface area (TPSA) is 113 Å². The predicted octanol–water partition coefficient (Wildman–Crippen LogP) is 5.75. The van der Waals surface area contributed by atoms with Crippen molar-refractivity contribution in [3.05, 3.63) is 77.6 Å². The van der Waals surface area contributed by atoms with Crippen LogP contribution in [0.1, 0.15) is 60.2 Å². The highest BCUT2D eigenvalue weighted by molar-refractivity contribution is 6.18. The summed E-state index contributed by atoms with van der Waals surface area (Å²) < 4.78 is 5.78.